The van der Waals surface area contributed by atoms with Gasteiger partial charge in [0.1, 0.15) is 18.9 Å². The van der Waals surface area contributed by atoms with E-state index in [0.29, 0.717) is 29.1 Å². The number of morpholine rings is 1. The summed E-state index contributed by atoms with van der Waals surface area (Å²) in [5, 5.41) is 14.1. The molecule has 1 aliphatic rings. The zero-order chi connectivity index (χ0) is 15.6. The van der Waals surface area contributed by atoms with Crippen molar-refractivity contribution in [2.75, 3.05) is 19.7 Å². The minimum atomic E-state index is -0.465. The standard InChI is InChI=1S/C13H18BrN3O4/c1-8-10(17(18)19)5-16-12(11(8)14)20-6-9-4-15-7-13(2,3)21-9/h5,9,15H,4,6-7H2,1-3H3. The first-order chi connectivity index (χ1) is 9.80. The van der Waals surface area contributed by atoms with Crippen LogP contribution in [0.5, 0.6) is 5.88 Å². The van der Waals surface area contributed by atoms with E-state index < -0.39 is 4.92 Å². The minimum Gasteiger partial charge on any atom is -0.474 e. The number of nitro groups is 1. The largest absolute Gasteiger partial charge is 0.474 e. The van der Waals surface area contributed by atoms with Crippen LogP contribution in [0.4, 0.5) is 5.69 Å². The van der Waals surface area contributed by atoms with Crippen molar-refractivity contribution in [2.45, 2.75) is 32.5 Å². The molecule has 1 atom stereocenters. The Labute approximate surface area is 131 Å². The van der Waals surface area contributed by atoms with Gasteiger partial charge in [0.05, 0.1) is 15.0 Å². The topological polar surface area (TPSA) is 86.5 Å². The lowest BCUT2D eigenvalue weighted by atomic mass is 10.1. The smallest absolute Gasteiger partial charge is 0.291 e. The molecule has 1 saturated heterocycles. The fourth-order valence-electron chi connectivity index (χ4n) is 2.16. The molecular weight excluding hydrogens is 342 g/mol. The van der Waals surface area contributed by atoms with E-state index in [4.69, 9.17) is 9.47 Å². The van der Waals surface area contributed by atoms with Gasteiger partial charge in [-0.05, 0) is 36.7 Å². The second kappa shape index (κ2) is 6.25. The highest BCUT2D eigenvalue weighted by Gasteiger charge is 2.29. The van der Waals surface area contributed by atoms with Crippen molar-refractivity contribution in [2.24, 2.45) is 0 Å². The molecule has 8 heteroatoms. The second-order valence-corrected chi connectivity index (χ2v) is 6.38. The van der Waals surface area contributed by atoms with Gasteiger partial charge >= 0.3 is 0 Å². The van der Waals surface area contributed by atoms with Crippen molar-refractivity contribution in [3.63, 3.8) is 0 Å². The molecule has 0 bridgehead atoms. The van der Waals surface area contributed by atoms with Gasteiger partial charge in [0.15, 0.2) is 0 Å². The molecule has 1 N–H and O–H groups in total. The number of hydrogen-bond acceptors (Lipinski definition) is 6. The number of halogens is 1. The van der Waals surface area contributed by atoms with Crippen LogP contribution < -0.4 is 10.1 Å². The third kappa shape index (κ3) is 3.90. The summed E-state index contributed by atoms with van der Waals surface area (Å²) in [4.78, 5) is 14.4. The van der Waals surface area contributed by atoms with E-state index in [1.165, 1.54) is 6.20 Å². The van der Waals surface area contributed by atoms with Gasteiger partial charge in [-0.15, -0.1) is 0 Å². The number of nitrogens with zero attached hydrogens (tertiary/aromatic N) is 2. The Morgan fingerprint density at radius 1 is 1.67 bits per heavy atom. The van der Waals surface area contributed by atoms with E-state index in [0.717, 1.165) is 6.54 Å². The fraction of sp³-hybridized carbons (Fsp3) is 0.615. The molecule has 116 valence electrons. The highest BCUT2D eigenvalue weighted by molar-refractivity contribution is 9.10. The molecule has 0 aliphatic carbocycles. The monoisotopic (exact) mass is 359 g/mol. The van der Waals surface area contributed by atoms with Crippen LogP contribution >= 0.6 is 15.9 Å². The molecule has 0 radical (unpaired) electrons. The van der Waals surface area contributed by atoms with Gasteiger partial charge in [0.2, 0.25) is 5.88 Å². The van der Waals surface area contributed by atoms with E-state index in [2.05, 4.69) is 26.2 Å². The van der Waals surface area contributed by atoms with Crippen LogP contribution in [0.1, 0.15) is 19.4 Å². The Kier molecular flexibility index (Phi) is 4.80. The molecule has 0 saturated carbocycles. The van der Waals surface area contributed by atoms with Crippen molar-refractivity contribution < 1.29 is 14.4 Å². The molecular formula is C13H18BrN3O4. The summed E-state index contributed by atoms with van der Waals surface area (Å²) in [7, 11) is 0. The normalized spacial score (nSPS) is 21.0. The minimum absolute atomic E-state index is 0.0362. The van der Waals surface area contributed by atoms with Crippen LogP contribution in [0.15, 0.2) is 10.7 Å². The van der Waals surface area contributed by atoms with Crippen molar-refractivity contribution in [3.05, 3.63) is 26.3 Å². The van der Waals surface area contributed by atoms with Crippen molar-refractivity contribution >= 4 is 21.6 Å². The second-order valence-electron chi connectivity index (χ2n) is 5.59. The Hall–Kier alpha value is -1.25. The maximum Gasteiger partial charge on any atom is 0.291 e. The van der Waals surface area contributed by atoms with Crippen LogP contribution in [0.2, 0.25) is 0 Å². The number of hydrogen-bond donors (Lipinski definition) is 1. The van der Waals surface area contributed by atoms with Crippen molar-refractivity contribution in [3.8, 4) is 5.88 Å². The van der Waals surface area contributed by atoms with Crippen LogP contribution in [0, 0.1) is 17.0 Å². The first-order valence-corrected chi connectivity index (χ1v) is 7.40. The van der Waals surface area contributed by atoms with Crippen LogP contribution in [-0.2, 0) is 4.74 Å². The number of aromatic nitrogens is 1. The molecule has 0 aromatic carbocycles. The van der Waals surface area contributed by atoms with Gasteiger partial charge in [0, 0.05) is 18.7 Å². The average Bonchev–Trinajstić information content (AvgIpc) is 2.39. The van der Waals surface area contributed by atoms with Gasteiger partial charge in [-0.25, -0.2) is 4.98 Å². The zero-order valence-electron chi connectivity index (χ0n) is 12.2. The molecule has 1 aliphatic heterocycles. The van der Waals surface area contributed by atoms with Gasteiger partial charge in [-0.2, -0.15) is 0 Å². The summed E-state index contributed by atoms with van der Waals surface area (Å²) in [6, 6.07) is 0. The molecule has 0 spiro atoms. The third-order valence-electron chi connectivity index (χ3n) is 3.22. The van der Waals surface area contributed by atoms with Crippen LogP contribution in [-0.4, -0.2) is 41.3 Å². The predicted molar refractivity (Wildman–Crippen MR) is 80.6 cm³/mol. The lowest BCUT2D eigenvalue weighted by Crippen LogP contribution is -2.52. The Balaban J connectivity index is 2.04. The molecule has 0 amide bonds. The summed E-state index contributed by atoms with van der Waals surface area (Å²) in [5.74, 6) is 0.338. The molecule has 1 aromatic heterocycles. The molecule has 2 rings (SSSR count). The zero-order valence-corrected chi connectivity index (χ0v) is 13.8. The highest BCUT2D eigenvalue weighted by atomic mass is 79.9. The Bertz CT molecular complexity index is 550. The van der Waals surface area contributed by atoms with E-state index >= 15 is 0 Å². The molecule has 1 unspecified atom stereocenters. The van der Waals surface area contributed by atoms with Gasteiger partial charge in [0.25, 0.3) is 5.69 Å². The summed E-state index contributed by atoms with van der Waals surface area (Å²) < 4.78 is 12.0. The van der Waals surface area contributed by atoms with Crippen molar-refractivity contribution in [1.82, 2.24) is 10.3 Å². The SMILES string of the molecule is Cc1c([N+](=O)[O-])cnc(OCC2CNCC(C)(C)O2)c1Br. The van der Waals surface area contributed by atoms with Gasteiger partial charge in [-0.3, -0.25) is 10.1 Å². The lowest BCUT2D eigenvalue weighted by Gasteiger charge is -2.36. The molecule has 1 aromatic rings. The van der Waals surface area contributed by atoms with E-state index in [1.54, 1.807) is 6.92 Å². The summed E-state index contributed by atoms with van der Waals surface area (Å²) in [6.45, 7) is 7.50. The third-order valence-corrected chi connectivity index (χ3v) is 4.15. The van der Waals surface area contributed by atoms with E-state index in [9.17, 15) is 10.1 Å². The summed E-state index contributed by atoms with van der Waals surface area (Å²) in [6.07, 6.45) is 1.12. The molecule has 2 heterocycles. The Morgan fingerprint density at radius 3 is 3.00 bits per heavy atom. The maximum atomic E-state index is 10.8. The summed E-state index contributed by atoms with van der Waals surface area (Å²) in [5.41, 5.74) is 0.224. The van der Waals surface area contributed by atoms with E-state index in [1.807, 2.05) is 13.8 Å². The molecule has 1 fully saturated rings. The van der Waals surface area contributed by atoms with Gasteiger partial charge < -0.3 is 14.8 Å². The van der Waals surface area contributed by atoms with Crippen molar-refractivity contribution in [1.29, 1.82) is 0 Å². The van der Waals surface area contributed by atoms with E-state index in [-0.39, 0.29) is 17.4 Å². The quantitative estimate of drug-likeness (QED) is 0.655. The lowest BCUT2D eigenvalue weighted by molar-refractivity contribution is -0.385. The average molecular weight is 360 g/mol. The number of nitrogens with one attached hydrogen (secondary N) is 1. The summed E-state index contributed by atoms with van der Waals surface area (Å²) >= 11 is 3.30. The molecule has 7 nitrogen and oxygen atoms in total. The highest BCUT2D eigenvalue weighted by Crippen LogP contribution is 2.32. The fourth-order valence-corrected chi connectivity index (χ4v) is 2.58. The number of pyridine rings is 1. The molecule has 21 heavy (non-hydrogen) atoms. The van der Waals surface area contributed by atoms with Gasteiger partial charge in [-0.1, -0.05) is 0 Å². The maximum absolute atomic E-state index is 10.8. The first kappa shape index (κ1) is 16.1. The predicted octanol–water partition coefficient (Wildman–Crippen LogP) is 2.21. The number of rotatable bonds is 4. The number of ether oxygens (including phenoxy) is 2. The Morgan fingerprint density at radius 2 is 2.38 bits per heavy atom. The first-order valence-electron chi connectivity index (χ1n) is 6.61. The van der Waals surface area contributed by atoms with Crippen LogP contribution in [0.3, 0.4) is 0 Å². The van der Waals surface area contributed by atoms with Crippen LogP contribution in [0.25, 0.3) is 0 Å².